The highest BCUT2D eigenvalue weighted by Gasteiger charge is 2.52. The van der Waals surface area contributed by atoms with E-state index in [-0.39, 0.29) is 11.1 Å². The topological polar surface area (TPSA) is 81.7 Å². The van der Waals surface area contributed by atoms with Crippen molar-refractivity contribution in [2.24, 2.45) is 18.7 Å². The van der Waals surface area contributed by atoms with Gasteiger partial charge in [-0.2, -0.15) is 5.10 Å². The van der Waals surface area contributed by atoms with Gasteiger partial charge in [0, 0.05) is 29.4 Å². The van der Waals surface area contributed by atoms with Gasteiger partial charge in [-0.25, -0.2) is 9.97 Å². The van der Waals surface area contributed by atoms with E-state index in [0.29, 0.717) is 11.0 Å². The minimum absolute atomic E-state index is 0.00302. The largest absolute Gasteiger partial charge is 0.349 e. The Labute approximate surface area is 158 Å². The number of nitrogens with two attached hydrogens (primary N) is 1. The first kappa shape index (κ1) is 16.5. The normalized spacial score (nSPS) is 30.1. The summed E-state index contributed by atoms with van der Waals surface area (Å²) in [5.74, 6) is 1.42. The molecule has 0 saturated heterocycles. The number of fused-ring (bicyclic) bond motifs is 2. The lowest BCUT2D eigenvalue weighted by atomic mass is 9.92. The van der Waals surface area contributed by atoms with Gasteiger partial charge in [-0.3, -0.25) is 4.68 Å². The SMILES string of the molecule is Cn1ncc(-c2nc(NC34CCC(N)(CC3)C4)ncc2Cl)c1CC1CC1. The molecule has 0 aliphatic heterocycles. The van der Waals surface area contributed by atoms with E-state index in [1.54, 1.807) is 6.20 Å². The van der Waals surface area contributed by atoms with Crippen LogP contribution in [0.2, 0.25) is 5.02 Å². The minimum atomic E-state index is 0.00302. The van der Waals surface area contributed by atoms with Crippen LogP contribution in [0.5, 0.6) is 0 Å². The summed E-state index contributed by atoms with van der Waals surface area (Å²) < 4.78 is 1.95. The fourth-order valence-electron chi connectivity index (χ4n) is 4.77. The second-order valence-electron chi connectivity index (χ2n) is 8.61. The third-order valence-corrected chi connectivity index (χ3v) is 6.79. The van der Waals surface area contributed by atoms with Crippen molar-refractivity contribution in [1.29, 1.82) is 0 Å². The maximum Gasteiger partial charge on any atom is 0.223 e. The van der Waals surface area contributed by atoms with Crippen LogP contribution in [0, 0.1) is 5.92 Å². The molecule has 2 aromatic heterocycles. The smallest absolute Gasteiger partial charge is 0.223 e. The molecule has 6 nitrogen and oxygen atoms in total. The van der Waals surface area contributed by atoms with E-state index in [2.05, 4.69) is 15.4 Å². The number of anilines is 1. The van der Waals surface area contributed by atoms with Crippen molar-refractivity contribution in [1.82, 2.24) is 19.7 Å². The fourth-order valence-corrected chi connectivity index (χ4v) is 4.97. The zero-order chi connectivity index (χ0) is 17.9. The van der Waals surface area contributed by atoms with Crippen LogP contribution in [-0.2, 0) is 13.5 Å². The molecule has 0 aromatic carbocycles. The number of rotatable bonds is 5. The first-order valence-electron chi connectivity index (χ1n) is 9.56. The molecular formula is C19H25ClN6. The first-order valence-corrected chi connectivity index (χ1v) is 9.94. The third-order valence-electron chi connectivity index (χ3n) is 6.51. The lowest BCUT2D eigenvalue weighted by Gasteiger charge is -2.28. The van der Waals surface area contributed by atoms with Gasteiger partial charge in [-0.1, -0.05) is 11.6 Å². The molecule has 0 amide bonds. The molecule has 2 bridgehead atoms. The zero-order valence-corrected chi connectivity index (χ0v) is 15.9. The zero-order valence-electron chi connectivity index (χ0n) is 15.1. The monoisotopic (exact) mass is 372 g/mol. The molecule has 3 aliphatic rings. The molecule has 0 unspecified atom stereocenters. The summed E-state index contributed by atoms with van der Waals surface area (Å²) in [5, 5.41) is 8.63. The van der Waals surface area contributed by atoms with E-state index < -0.39 is 0 Å². The molecule has 3 saturated carbocycles. The molecule has 7 heteroatoms. The van der Waals surface area contributed by atoms with E-state index in [4.69, 9.17) is 22.3 Å². The van der Waals surface area contributed by atoms with Crippen molar-refractivity contribution in [2.45, 2.75) is 62.4 Å². The molecule has 0 spiro atoms. The standard InChI is InChI=1S/C19H25ClN6/c1-26-15(8-12-2-3-12)13(9-23-26)16-14(20)10-22-17(24-16)25-19-6-4-18(21,11-19)5-7-19/h9-10,12H,2-8,11,21H2,1H3,(H,22,24,25). The number of hydrogen-bond donors (Lipinski definition) is 2. The van der Waals surface area contributed by atoms with E-state index >= 15 is 0 Å². The highest BCUT2D eigenvalue weighted by atomic mass is 35.5. The van der Waals surface area contributed by atoms with Crippen molar-refractivity contribution in [3.63, 3.8) is 0 Å². The second-order valence-corrected chi connectivity index (χ2v) is 9.02. The lowest BCUT2D eigenvalue weighted by Crippen LogP contribution is -2.34. The molecule has 2 aromatic rings. The van der Waals surface area contributed by atoms with E-state index in [9.17, 15) is 0 Å². The Bertz CT molecular complexity index is 848. The van der Waals surface area contributed by atoms with E-state index in [1.807, 2.05) is 17.9 Å². The number of nitrogens with one attached hydrogen (secondary N) is 1. The molecule has 26 heavy (non-hydrogen) atoms. The number of halogens is 1. The van der Waals surface area contributed by atoms with E-state index in [1.165, 1.54) is 18.5 Å². The van der Waals surface area contributed by atoms with Gasteiger partial charge >= 0.3 is 0 Å². The van der Waals surface area contributed by atoms with Gasteiger partial charge < -0.3 is 11.1 Å². The molecule has 138 valence electrons. The van der Waals surface area contributed by atoms with Gasteiger partial charge in [0.2, 0.25) is 5.95 Å². The van der Waals surface area contributed by atoms with Crippen molar-refractivity contribution in [3.05, 3.63) is 23.1 Å². The molecular weight excluding hydrogens is 348 g/mol. The summed E-state index contributed by atoms with van der Waals surface area (Å²) in [6.45, 7) is 0. The van der Waals surface area contributed by atoms with Crippen LogP contribution in [0.4, 0.5) is 5.95 Å². The van der Waals surface area contributed by atoms with Crippen LogP contribution < -0.4 is 11.1 Å². The highest BCUT2D eigenvalue weighted by molar-refractivity contribution is 6.32. The van der Waals surface area contributed by atoms with Crippen LogP contribution in [0.3, 0.4) is 0 Å². The Balaban J connectivity index is 1.46. The fraction of sp³-hybridized carbons (Fsp3) is 0.632. The Kier molecular flexibility index (Phi) is 3.60. The summed E-state index contributed by atoms with van der Waals surface area (Å²) >= 11 is 6.47. The maximum absolute atomic E-state index is 6.47. The third kappa shape index (κ3) is 2.79. The number of aryl methyl sites for hydroxylation is 1. The van der Waals surface area contributed by atoms with Crippen molar-refractivity contribution >= 4 is 17.5 Å². The molecule has 2 heterocycles. The summed E-state index contributed by atoms with van der Waals surface area (Å²) in [6.07, 6.45) is 12.6. The van der Waals surface area contributed by atoms with Crippen LogP contribution >= 0.6 is 11.6 Å². The summed E-state index contributed by atoms with van der Waals surface area (Å²) in [7, 11) is 1.99. The van der Waals surface area contributed by atoms with Gasteiger partial charge in [-0.15, -0.1) is 0 Å². The Morgan fingerprint density at radius 2 is 2.04 bits per heavy atom. The van der Waals surface area contributed by atoms with Crippen LogP contribution in [0.1, 0.15) is 50.6 Å². The first-order chi connectivity index (χ1) is 12.5. The van der Waals surface area contributed by atoms with Crippen LogP contribution in [0.15, 0.2) is 12.4 Å². The van der Waals surface area contributed by atoms with Crippen LogP contribution in [0.25, 0.3) is 11.3 Å². The predicted octanol–water partition coefficient (Wildman–Crippen LogP) is 3.31. The number of hydrogen-bond acceptors (Lipinski definition) is 5. The minimum Gasteiger partial charge on any atom is -0.349 e. The average molecular weight is 373 g/mol. The van der Waals surface area contributed by atoms with Crippen molar-refractivity contribution in [2.75, 3.05) is 5.32 Å². The summed E-state index contributed by atoms with van der Waals surface area (Å²) in [5.41, 5.74) is 9.51. The summed E-state index contributed by atoms with van der Waals surface area (Å²) in [6, 6.07) is 0. The Morgan fingerprint density at radius 1 is 1.27 bits per heavy atom. The maximum atomic E-state index is 6.47. The van der Waals surface area contributed by atoms with Gasteiger partial charge in [0.05, 0.1) is 23.1 Å². The van der Waals surface area contributed by atoms with Gasteiger partial charge in [0.1, 0.15) is 0 Å². The second kappa shape index (κ2) is 5.67. The molecule has 3 fully saturated rings. The Morgan fingerprint density at radius 3 is 2.69 bits per heavy atom. The molecule has 3 aliphatic carbocycles. The van der Waals surface area contributed by atoms with Gasteiger partial charge in [0.15, 0.2) is 0 Å². The quantitative estimate of drug-likeness (QED) is 0.841. The average Bonchev–Trinajstić information content (AvgIpc) is 3.17. The molecule has 0 atom stereocenters. The predicted molar refractivity (Wildman–Crippen MR) is 102 cm³/mol. The number of nitrogens with zero attached hydrogens (tertiary/aromatic N) is 4. The lowest BCUT2D eigenvalue weighted by molar-refractivity contribution is 0.407. The molecule has 3 N–H and O–H groups in total. The molecule has 5 rings (SSSR count). The highest BCUT2D eigenvalue weighted by Crippen LogP contribution is 2.50. The van der Waals surface area contributed by atoms with Crippen molar-refractivity contribution in [3.8, 4) is 11.3 Å². The summed E-state index contributed by atoms with van der Waals surface area (Å²) in [4.78, 5) is 9.24. The van der Waals surface area contributed by atoms with Crippen molar-refractivity contribution < 1.29 is 0 Å². The van der Waals surface area contributed by atoms with Gasteiger partial charge in [-0.05, 0) is 57.3 Å². The van der Waals surface area contributed by atoms with Crippen LogP contribution in [-0.4, -0.2) is 30.8 Å². The van der Waals surface area contributed by atoms with Gasteiger partial charge in [0.25, 0.3) is 0 Å². The molecule has 0 radical (unpaired) electrons. The van der Waals surface area contributed by atoms with E-state index in [0.717, 1.165) is 55.7 Å². The Hall–Kier alpha value is -1.66. The number of aromatic nitrogens is 4.